The highest BCUT2D eigenvalue weighted by Gasteiger charge is 2.21. The lowest BCUT2D eigenvalue weighted by Crippen LogP contribution is -2.35. The van der Waals surface area contributed by atoms with Gasteiger partial charge in [0.1, 0.15) is 0 Å². The van der Waals surface area contributed by atoms with E-state index in [2.05, 4.69) is 13.8 Å². The minimum Gasteiger partial charge on any atom is -0.481 e. The molecule has 0 amide bonds. The number of rotatable bonds is 9. The number of carboxylic acid groups (broad SMARTS) is 1. The monoisotopic (exact) mass is 231 g/mol. The molecule has 0 aliphatic carbocycles. The number of nitrogens with two attached hydrogens (primary N) is 1. The van der Waals surface area contributed by atoms with Gasteiger partial charge in [0, 0.05) is 19.3 Å². The number of carboxylic acids is 1. The van der Waals surface area contributed by atoms with Crippen LogP contribution in [0, 0.1) is 11.8 Å². The van der Waals surface area contributed by atoms with Gasteiger partial charge in [0.2, 0.25) is 0 Å². The van der Waals surface area contributed by atoms with Crippen molar-refractivity contribution in [3.8, 4) is 0 Å². The van der Waals surface area contributed by atoms with Crippen molar-refractivity contribution in [2.75, 3.05) is 13.2 Å². The lowest BCUT2D eigenvalue weighted by Gasteiger charge is -2.20. The van der Waals surface area contributed by atoms with Gasteiger partial charge in [-0.2, -0.15) is 0 Å². The van der Waals surface area contributed by atoms with Gasteiger partial charge in [0.15, 0.2) is 0 Å². The SMILES string of the molecule is CCCOCCC(C)C[C@H](N)C(C)C(=O)O. The van der Waals surface area contributed by atoms with Gasteiger partial charge in [-0.15, -0.1) is 0 Å². The Bertz CT molecular complexity index is 197. The number of ether oxygens (including phenoxy) is 1. The van der Waals surface area contributed by atoms with Gasteiger partial charge >= 0.3 is 5.97 Å². The third kappa shape index (κ3) is 6.80. The summed E-state index contributed by atoms with van der Waals surface area (Å²) in [6.07, 6.45) is 2.72. The van der Waals surface area contributed by atoms with Gasteiger partial charge in [-0.3, -0.25) is 4.79 Å². The predicted molar refractivity (Wildman–Crippen MR) is 64.3 cm³/mol. The van der Waals surface area contributed by atoms with E-state index in [0.29, 0.717) is 5.92 Å². The number of carbonyl (C=O) groups is 1. The Hall–Kier alpha value is -0.610. The van der Waals surface area contributed by atoms with Crippen molar-refractivity contribution in [3.05, 3.63) is 0 Å². The summed E-state index contributed by atoms with van der Waals surface area (Å²) in [5, 5.41) is 8.81. The van der Waals surface area contributed by atoms with Crippen molar-refractivity contribution in [2.45, 2.75) is 46.1 Å². The van der Waals surface area contributed by atoms with E-state index in [-0.39, 0.29) is 6.04 Å². The molecule has 0 aromatic rings. The molecule has 0 fully saturated rings. The maximum Gasteiger partial charge on any atom is 0.307 e. The molecule has 0 aliphatic rings. The standard InChI is InChI=1S/C12H25NO3/c1-4-6-16-7-5-9(2)8-11(13)10(3)12(14)15/h9-11H,4-8,13H2,1-3H3,(H,14,15)/t9?,10?,11-/m0/s1. The molecule has 4 heteroatoms. The molecule has 0 aromatic carbocycles. The molecule has 0 saturated carbocycles. The normalized spacial score (nSPS) is 16.8. The zero-order valence-corrected chi connectivity index (χ0v) is 10.6. The average molecular weight is 231 g/mol. The first-order chi connectivity index (χ1) is 7.49. The summed E-state index contributed by atoms with van der Waals surface area (Å²) in [7, 11) is 0. The van der Waals surface area contributed by atoms with Crippen LogP contribution >= 0.6 is 0 Å². The molecule has 0 saturated heterocycles. The maximum absolute atomic E-state index is 10.7. The van der Waals surface area contributed by atoms with E-state index in [9.17, 15) is 4.79 Å². The molecule has 0 spiro atoms. The van der Waals surface area contributed by atoms with Gasteiger partial charge in [-0.05, 0) is 25.2 Å². The van der Waals surface area contributed by atoms with Gasteiger partial charge in [0.05, 0.1) is 5.92 Å². The van der Waals surface area contributed by atoms with E-state index >= 15 is 0 Å². The van der Waals surface area contributed by atoms with Crippen LogP contribution in [-0.2, 0) is 9.53 Å². The Morgan fingerprint density at radius 3 is 2.50 bits per heavy atom. The van der Waals surface area contributed by atoms with E-state index in [1.54, 1.807) is 6.92 Å². The molecule has 4 nitrogen and oxygen atoms in total. The minimum atomic E-state index is -0.818. The van der Waals surface area contributed by atoms with Crippen molar-refractivity contribution < 1.29 is 14.6 Å². The smallest absolute Gasteiger partial charge is 0.307 e. The summed E-state index contributed by atoms with van der Waals surface area (Å²) >= 11 is 0. The van der Waals surface area contributed by atoms with E-state index in [4.69, 9.17) is 15.6 Å². The van der Waals surface area contributed by atoms with Crippen LogP contribution in [0.25, 0.3) is 0 Å². The summed E-state index contributed by atoms with van der Waals surface area (Å²) in [4.78, 5) is 10.7. The van der Waals surface area contributed by atoms with Crippen LogP contribution in [0.5, 0.6) is 0 Å². The van der Waals surface area contributed by atoms with Crippen LogP contribution in [0.15, 0.2) is 0 Å². The Morgan fingerprint density at radius 2 is 2.00 bits per heavy atom. The Kier molecular flexibility index (Phi) is 8.21. The van der Waals surface area contributed by atoms with Gasteiger partial charge in [-0.25, -0.2) is 0 Å². The quantitative estimate of drug-likeness (QED) is 0.594. The average Bonchev–Trinajstić information content (AvgIpc) is 2.23. The molecule has 3 atom stereocenters. The number of aliphatic carboxylic acids is 1. The summed E-state index contributed by atoms with van der Waals surface area (Å²) in [6.45, 7) is 7.36. The van der Waals surface area contributed by atoms with E-state index in [1.165, 1.54) is 0 Å². The van der Waals surface area contributed by atoms with Gasteiger partial charge < -0.3 is 15.6 Å². The van der Waals surface area contributed by atoms with Crippen LogP contribution in [0.4, 0.5) is 0 Å². The first-order valence-electron chi connectivity index (χ1n) is 6.05. The fourth-order valence-corrected chi connectivity index (χ4v) is 1.50. The second-order valence-electron chi connectivity index (χ2n) is 4.53. The van der Waals surface area contributed by atoms with Gasteiger partial charge in [0.25, 0.3) is 0 Å². The highest BCUT2D eigenvalue weighted by molar-refractivity contribution is 5.70. The second-order valence-corrected chi connectivity index (χ2v) is 4.53. The van der Waals surface area contributed by atoms with Crippen molar-refractivity contribution >= 4 is 5.97 Å². The summed E-state index contributed by atoms with van der Waals surface area (Å²) in [5.41, 5.74) is 5.83. The summed E-state index contributed by atoms with van der Waals surface area (Å²) in [6, 6.07) is -0.265. The number of hydrogen-bond acceptors (Lipinski definition) is 3. The molecular weight excluding hydrogens is 206 g/mol. The predicted octanol–water partition coefficient (Wildman–Crippen LogP) is 1.88. The maximum atomic E-state index is 10.7. The van der Waals surface area contributed by atoms with Crippen molar-refractivity contribution in [3.63, 3.8) is 0 Å². The van der Waals surface area contributed by atoms with Crippen LogP contribution in [0.3, 0.4) is 0 Å². The molecule has 0 bridgehead atoms. The van der Waals surface area contributed by atoms with E-state index < -0.39 is 11.9 Å². The lowest BCUT2D eigenvalue weighted by molar-refractivity contribution is -0.141. The van der Waals surface area contributed by atoms with Crippen molar-refractivity contribution in [2.24, 2.45) is 17.6 Å². The highest BCUT2D eigenvalue weighted by Crippen LogP contribution is 2.14. The fourth-order valence-electron chi connectivity index (χ4n) is 1.50. The van der Waals surface area contributed by atoms with Crippen LogP contribution in [0.1, 0.15) is 40.0 Å². The van der Waals surface area contributed by atoms with Gasteiger partial charge in [-0.1, -0.05) is 20.8 Å². The van der Waals surface area contributed by atoms with E-state index in [0.717, 1.165) is 32.5 Å². The Labute approximate surface area is 98.2 Å². The van der Waals surface area contributed by atoms with Crippen LogP contribution < -0.4 is 5.73 Å². The first-order valence-corrected chi connectivity index (χ1v) is 6.05. The third-order valence-corrected chi connectivity index (χ3v) is 2.81. The van der Waals surface area contributed by atoms with Crippen molar-refractivity contribution in [1.29, 1.82) is 0 Å². The van der Waals surface area contributed by atoms with Crippen LogP contribution in [-0.4, -0.2) is 30.3 Å². The molecule has 16 heavy (non-hydrogen) atoms. The zero-order chi connectivity index (χ0) is 12.6. The molecule has 96 valence electrons. The summed E-state index contributed by atoms with van der Waals surface area (Å²) in [5.74, 6) is -0.880. The van der Waals surface area contributed by atoms with Crippen LogP contribution in [0.2, 0.25) is 0 Å². The molecule has 0 aliphatic heterocycles. The highest BCUT2D eigenvalue weighted by atomic mass is 16.5. The Morgan fingerprint density at radius 1 is 1.38 bits per heavy atom. The molecule has 0 heterocycles. The topological polar surface area (TPSA) is 72.5 Å². The van der Waals surface area contributed by atoms with E-state index in [1.807, 2.05) is 0 Å². The molecule has 0 aromatic heterocycles. The largest absolute Gasteiger partial charge is 0.481 e. The molecule has 3 N–H and O–H groups in total. The van der Waals surface area contributed by atoms with Crippen molar-refractivity contribution in [1.82, 2.24) is 0 Å². The number of hydrogen-bond donors (Lipinski definition) is 2. The first kappa shape index (κ1) is 15.4. The molecule has 0 rings (SSSR count). The second kappa shape index (κ2) is 8.53. The molecule has 0 radical (unpaired) electrons. The molecule has 2 unspecified atom stereocenters. The third-order valence-electron chi connectivity index (χ3n) is 2.81. The summed E-state index contributed by atoms with van der Waals surface area (Å²) < 4.78 is 5.39. The lowest BCUT2D eigenvalue weighted by atomic mass is 9.92. The fraction of sp³-hybridized carbons (Fsp3) is 0.917. The zero-order valence-electron chi connectivity index (χ0n) is 10.6. The Balaban J connectivity index is 3.69. The molecular formula is C12H25NO3. The minimum absolute atomic E-state index is 0.265.